The minimum absolute atomic E-state index is 0.0930. The minimum atomic E-state index is -0.375. The number of methoxy groups -OCH3 is 1. The molecule has 31 heavy (non-hydrogen) atoms. The first-order valence-electron chi connectivity index (χ1n) is 10.7. The summed E-state index contributed by atoms with van der Waals surface area (Å²) in [5, 5.41) is 3.02. The second-order valence-electron chi connectivity index (χ2n) is 7.91. The van der Waals surface area contributed by atoms with E-state index in [1.165, 1.54) is 6.42 Å². The molecule has 7 heteroatoms. The molecule has 1 aliphatic heterocycles. The number of benzene rings is 2. The van der Waals surface area contributed by atoms with E-state index in [1.54, 1.807) is 31.4 Å². The largest absolute Gasteiger partial charge is 0.497 e. The van der Waals surface area contributed by atoms with Crippen LogP contribution >= 0.6 is 0 Å². The number of imidazole rings is 1. The fourth-order valence-electron chi connectivity index (χ4n) is 4.08. The summed E-state index contributed by atoms with van der Waals surface area (Å²) < 4.78 is 7.15. The Labute approximate surface area is 182 Å². The van der Waals surface area contributed by atoms with Gasteiger partial charge in [0.15, 0.2) is 0 Å². The number of piperidine rings is 1. The molecule has 0 spiro atoms. The maximum absolute atomic E-state index is 13.0. The van der Waals surface area contributed by atoms with Gasteiger partial charge in [-0.05, 0) is 56.5 Å². The Morgan fingerprint density at radius 2 is 1.87 bits per heavy atom. The number of hydrogen-bond donors (Lipinski definition) is 1. The lowest BCUT2D eigenvalue weighted by Crippen LogP contribution is -2.38. The maximum atomic E-state index is 13.0. The van der Waals surface area contributed by atoms with Crippen molar-refractivity contribution in [2.24, 2.45) is 0 Å². The van der Waals surface area contributed by atoms with Crippen LogP contribution in [0, 0.1) is 0 Å². The van der Waals surface area contributed by atoms with Crippen LogP contribution in [0.25, 0.3) is 11.0 Å². The van der Waals surface area contributed by atoms with Crippen LogP contribution in [0.15, 0.2) is 48.5 Å². The van der Waals surface area contributed by atoms with E-state index in [2.05, 4.69) is 5.32 Å². The number of para-hydroxylation sites is 2. The van der Waals surface area contributed by atoms with Crippen molar-refractivity contribution in [1.29, 1.82) is 0 Å². The monoisotopic (exact) mass is 420 g/mol. The van der Waals surface area contributed by atoms with Crippen LogP contribution in [-0.2, 0) is 11.3 Å². The van der Waals surface area contributed by atoms with Gasteiger partial charge in [-0.1, -0.05) is 18.2 Å². The molecule has 2 heterocycles. The zero-order chi connectivity index (χ0) is 21.8. The van der Waals surface area contributed by atoms with Gasteiger partial charge >= 0.3 is 0 Å². The van der Waals surface area contributed by atoms with Crippen LogP contribution in [0.4, 0.5) is 0 Å². The van der Waals surface area contributed by atoms with Crippen molar-refractivity contribution in [3.63, 3.8) is 0 Å². The van der Waals surface area contributed by atoms with Crippen LogP contribution in [-0.4, -0.2) is 46.5 Å². The summed E-state index contributed by atoms with van der Waals surface area (Å²) in [5.74, 6) is 1.17. The number of hydrogen-bond acceptors (Lipinski definition) is 4. The van der Waals surface area contributed by atoms with Gasteiger partial charge in [-0.2, -0.15) is 0 Å². The fourth-order valence-corrected chi connectivity index (χ4v) is 4.08. The number of ether oxygens (including phenoxy) is 1. The Morgan fingerprint density at radius 1 is 1.10 bits per heavy atom. The molecule has 0 saturated carbocycles. The Kier molecular flexibility index (Phi) is 6.21. The molecule has 1 N–H and O–H groups in total. The Morgan fingerprint density at radius 3 is 2.65 bits per heavy atom. The number of aromatic nitrogens is 2. The summed E-state index contributed by atoms with van der Waals surface area (Å²) in [6.07, 6.45) is 3.28. The molecule has 3 aromatic rings. The topological polar surface area (TPSA) is 76.5 Å². The van der Waals surface area contributed by atoms with E-state index in [9.17, 15) is 9.59 Å². The zero-order valence-corrected chi connectivity index (χ0v) is 18.0. The van der Waals surface area contributed by atoms with Crippen molar-refractivity contribution in [2.45, 2.75) is 38.8 Å². The quantitative estimate of drug-likeness (QED) is 0.662. The number of fused-ring (bicyclic) bond motifs is 1. The Balaban J connectivity index is 1.59. The normalized spacial score (nSPS) is 15.0. The van der Waals surface area contributed by atoms with Crippen LogP contribution in [0.3, 0.4) is 0 Å². The van der Waals surface area contributed by atoms with Gasteiger partial charge in [0.2, 0.25) is 5.91 Å². The maximum Gasteiger partial charge on any atom is 0.251 e. The van der Waals surface area contributed by atoms with Gasteiger partial charge in [-0.15, -0.1) is 0 Å². The van der Waals surface area contributed by atoms with Crippen molar-refractivity contribution in [3.8, 4) is 5.75 Å². The van der Waals surface area contributed by atoms with Crippen molar-refractivity contribution in [1.82, 2.24) is 19.8 Å². The summed E-state index contributed by atoms with van der Waals surface area (Å²) in [4.78, 5) is 32.5. The second kappa shape index (κ2) is 9.20. The number of carbonyl (C=O) groups is 2. The number of nitrogens with one attached hydrogen (secondary N) is 1. The molecular weight excluding hydrogens is 392 g/mol. The number of carbonyl (C=O) groups excluding carboxylic acids is 2. The third-order valence-electron chi connectivity index (χ3n) is 5.75. The van der Waals surface area contributed by atoms with Crippen LogP contribution < -0.4 is 10.1 Å². The highest BCUT2D eigenvalue weighted by atomic mass is 16.5. The molecule has 0 bridgehead atoms. The second-order valence-corrected chi connectivity index (χ2v) is 7.91. The number of nitrogens with zero attached hydrogens (tertiary/aromatic N) is 3. The molecule has 1 aromatic heterocycles. The standard InChI is InChI=1S/C24H28N4O3/c1-17(25-24(30)18-9-8-10-19(15-18)31-2)23-26-20-11-4-5-12-21(20)28(23)16-22(29)27-13-6-3-7-14-27/h4-5,8-12,15,17H,3,6-7,13-14,16H2,1-2H3,(H,25,30). The van der Waals surface area contributed by atoms with Gasteiger partial charge in [-0.3, -0.25) is 9.59 Å². The molecule has 1 unspecified atom stereocenters. The minimum Gasteiger partial charge on any atom is -0.497 e. The van der Waals surface area contributed by atoms with Crippen LogP contribution in [0.2, 0.25) is 0 Å². The van der Waals surface area contributed by atoms with Gasteiger partial charge in [-0.25, -0.2) is 4.98 Å². The summed E-state index contributed by atoms with van der Waals surface area (Å²) in [6, 6.07) is 14.4. The summed E-state index contributed by atoms with van der Waals surface area (Å²) in [6.45, 7) is 3.72. The molecule has 4 rings (SSSR count). The summed E-state index contributed by atoms with van der Waals surface area (Å²) in [7, 11) is 1.57. The number of amides is 2. The molecule has 1 aliphatic rings. The predicted octanol–water partition coefficient (Wildman–Crippen LogP) is 3.55. The third kappa shape index (κ3) is 4.55. The van der Waals surface area contributed by atoms with E-state index in [4.69, 9.17) is 9.72 Å². The number of likely N-dealkylation sites (tertiary alicyclic amines) is 1. The third-order valence-corrected chi connectivity index (χ3v) is 5.75. The molecule has 0 radical (unpaired) electrons. The molecule has 2 aromatic carbocycles. The summed E-state index contributed by atoms with van der Waals surface area (Å²) >= 11 is 0. The SMILES string of the molecule is COc1cccc(C(=O)NC(C)c2nc3ccccc3n2CC(=O)N2CCCCC2)c1. The first kappa shape index (κ1) is 20.9. The van der Waals surface area contributed by atoms with Gasteiger partial charge < -0.3 is 19.5 Å². The molecule has 2 amide bonds. The lowest BCUT2D eigenvalue weighted by molar-refractivity contribution is -0.132. The molecule has 1 fully saturated rings. The van der Waals surface area contributed by atoms with E-state index >= 15 is 0 Å². The highest BCUT2D eigenvalue weighted by Crippen LogP contribution is 2.22. The van der Waals surface area contributed by atoms with Crippen molar-refractivity contribution < 1.29 is 14.3 Å². The molecule has 7 nitrogen and oxygen atoms in total. The molecular formula is C24H28N4O3. The van der Waals surface area contributed by atoms with Crippen LogP contribution in [0.5, 0.6) is 5.75 Å². The van der Waals surface area contributed by atoms with Crippen molar-refractivity contribution >= 4 is 22.8 Å². The highest BCUT2D eigenvalue weighted by Gasteiger charge is 2.23. The van der Waals surface area contributed by atoms with E-state index in [0.717, 1.165) is 37.0 Å². The average molecular weight is 421 g/mol. The fraction of sp³-hybridized carbons (Fsp3) is 0.375. The van der Waals surface area contributed by atoms with E-state index in [0.29, 0.717) is 17.1 Å². The van der Waals surface area contributed by atoms with E-state index in [1.807, 2.05) is 40.7 Å². The molecule has 0 aliphatic carbocycles. The molecule has 162 valence electrons. The molecule has 1 atom stereocenters. The highest BCUT2D eigenvalue weighted by molar-refractivity contribution is 5.94. The summed E-state index contributed by atoms with van der Waals surface area (Å²) in [5.41, 5.74) is 2.22. The lowest BCUT2D eigenvalue weighted by atomic mass is 10.1. The predicted molar refractivity (Wildman–Crippen MR) is 119 cm³/mol. The zero-order valence-electron chi connectivity index (χ0n) is 18.0. The average Bonchev–Trinajstić information content (AvgIpc) is 3.18. The molecule has 1 saturated heterocycles. The Hall–Kier alpha value is -3.35. The first-order valence-corrected chi connectivity index (χ1v) is 10.7. The van der Waals surface area contributed by atoms with Crippen molar-refractivity contribution in [3.05, 3.63) is 59.9 Å². The lowest BCUT2D eigenvalue weighted by Gasteiger charge is -2.27. The van der Waals surface area contributed by atoms with E-state index in [-0.39, 0.29) is 24.4 Å². The first-order chi connectivity index (χ1) is 15.1. The smallest absolute Gasteiger partial charge is 0.251 e. The Bertz CT molecular complexity index is 1090. The number of rotatable bonds is 6. The van der Waals surface area contributed by atoms with Gasteiger partial charge in [0, 0.05) is 18.7 Å². The van der Waals surface area contributed by atoms with Gasteiger partial charge in [0.25, 0.3) is 5.91 Å². The van der Waals surface area contributed by atoms with Gasteiger partial charge in [0.1, 0.15) is 18.1 Å². The van der Waals surface area contributed by atoms with Crippen LogP contribution in [0.1, 0.15) is 48.4 Å². The van der Waals surface area contributed by atoms with Gasteiger partial charge in [0.05, 0.1) is 24.2 Å². The van der Waals surface area contributed by atoms with E-state index < -0.39 is 0 Å². The van der Waals surface area contributed by atoms with Crippen molar-refractivity contribution in [2.75, 3.05) is 20.2 Å².